The van der Waals surface area contributed by atoms with Crippen LogP contribution in [0, 0.1) is 5.92 Å². The van der Waals surface area contributed by atoms with Crippen molar-refractivity contribution in [2.75, 3.05) is 13.1 Å². The lowest BCUT2D eigenvalue weighted by Crippen LogP contribution is -2.46. The average Bonchev–Trinajstić information content (AvgIpc) is 2.10. The van der Waals surface area contributed by atoms with Crippen LogP contribution in [-0.2, 0) is 0 Å². The van der Waals surface area contributed by atoms with Crippen LogP contribution in [0.4, 0.5) is 0 Å². The van der Waals surface area contributed by atoms with Crippen molar-refractivity contribution in [3.05, 3.63) is 0 Å². The summed E-state index contributed by atoms with van der Waals surface area (Å²) in [5, 5.41) is 0. The first kappa shape index (κ1) is 13.9. The van der Waals surface area contributed by atoms with Gasteiger partial charge in [-0.25, -0.2) is 0 Å². The fourth-order valence-corrected chi connectivity index (χ4v) is 1.96. The van der Waals surface area contributed by atoms with Crippen molar-refractivity contribution < 1.29 is 0 Å². The molecule has 2 N–H and O–H groups in total. The third-order valence-electron chi connectivity index (χ3n) is 2.60. The van der Waals surface area contributed by atoms with Gasteiger partial charge >= 0.3 is 0 Å². The molecule has 0 aromatic carbocycles. The maximum absolute atomic E-state index is 5.83. The molecule has 1 atom stereocenters. The van der Waals surface area contributed by atoms with Crippen LogP contribution >= 0.6 is 0 Å². The van der Waals surface area contributed by atoms with Crippen molar-refractivity contribution in [2.45, 2.75) is 59.5 Å². The molecule has 0 radical (unpaired) electrons. The van der Waals surface area contributed by atoms with Gasteiger partial charge in [0.15, 0.2) is 0 Å². The number of hydrogen-bond donors (Lipinski definition) is 1. The first-order valence-electron chi connectivity index (χ1n) is 5.98. The molecule has 0 spiro atoms. The van der Waals surface area contributed by atoms with Gasteiger partial charge < -0.3 is 5.73 Å². The molecule has 0 aliphatic rings. The topological polar surface area (TPSA) is 29.3 Å². The van der Waals surface area contributed by atoms with Gasteiger partial charge in [0.1, 0.15) is 0 Å². The number of nitrogens with zero attached hydrogens (tertiary/aromatic N) is 1. The molecular weight excluding hydrogens is 172 g/mol. The minimum atomic E-state index is 0.572. The summed E-state index contributed by atoms with van der Waals surface area (Å²) in [5.74, 6) is 0.725. The van der Waals surface area contributed by atoms with Crippen LogP contribution in [0.3, 0.4) is 0 Å². The van der Waals surface area contributed by atoms with Crippen molar-refractivity contribution in [3.8, 4) is 0 Å². The van der Waals surface area contributed by atoms with Crippen molar-refractivity contribution in [2.24, 2.45) is 11.7 Å². The lowest BCUT2D eigenvalue weighted by Gasteiger charge is -2.35. The summed E-state index contributed by atoms with van der Waals surface area (Å²) < 4.78 is 0. The normalized spacial score (nSPS) is 14.4. The van der Waals surface area contributed by atoms with Crippen LogP contribution in [0.5, 0.6) is 0 Å². The van der Waals surface area contributed by atoms with Gasteiger partial charge in [0.05, 0.1) is 0 Å². The molecule has 0 saturated heterocycles. The monoisotopic (exact) mass is 200 g/mol. The van der Waals surface area contributed by atoms with Gasteiger partial charge in [-0.3, -0.25) is 4.90 Å². The first-order chi connectivity index (χ1) is 6.52. The Labute approximate surface area is 89.9 Å². The molecule has 0 saturated carbocycles. The first-order valence-corrected chi connectivity index (χ1v) is 5.98. The summed E-state index contributed by atoms with van der Waals surface area (Å²) >= 11 is 0. The van der Waals surface area contributed by atoms with E-state index in [4.69, 9.17) is 5.73 Å². The Kier molecular flexibility index (Phi) is 7.20. The van der Waals surface area contributed by atoms with Gasteiger partial charge in [-0.05, 0) is 26.2 Å². The molecule has 0 heterocycles. The minimum absolute atomic E-state index is 0.572. The largest absolute Gasteiger partial charge is 0.329 e. The van der Waals surface area contributed by atoms with Crippen molar-refractivity contribution in [1.29, 1.82) is 0 Å². The quantitative estimate of drug-likeness (QED) is 0.684. The van der Waals surface area contributed by atoms with Crippen LogP contribution in [-0.4, -0.2) is 30.1 Å². The summed E-state index contributed by atoms with van der Waals surface area (Å²) in [7, 11) is 0. The van der Waals surface area contributed by atoms with E-state index < -0.39 is 0 Å². The molecule has 0 aromatic rings. The lowest BCUT2D eigenvalue weighted by molar-refractivity contribution is 0.131. The van der Waals surface area contributed by atoms with Crippen LogP contribution in [0.2, 0.25) is 0 Å². The fraction of sp³-hybridized carbons (Fsp3) is 1.00. The molecule has 2 heteroatoms. The second kappa shape index (κ2) is 7.24. The predicted molar refractivity (Wildman–Crippen MR) is 64.4 cm³/mol. The minimum Gasteiger partial charge on any atom is -0.329 e. The van der Waals surface area contributed by atoms with E-state index in [1.165, 1.54) is 19.4 Å². The molecular formula is C12H28N2. The van der Waals surface area contributed by atoms with E-state index in [-0.39, 0.29) is 0 Å². The molecule has 0 rings (SSSR count). The second-order valence-corrected chi connectivity index (χ2v) is 4.86. The molecule has 0 aliphatic heterocycles. The summed E-state index contributed by atoms with van der Waals surface area (Å²) in [6.07, 6.45) is 2.45. The highest BCUT2D eigenvalue weighted by molar-refractivity contribution is 4.76. The van der Waals surface area contributed by atoms with E-state index in [1.807, 2.05) is 0 Å². The van der Waals surface area contributed by atoms with Crippen LogP contribution < -0.4 is 5.73 Å². The Morgan fingerprint density at radius 1 is 1.14 bits per heavy atom. The Morgan fingerprint density at radius 3 is 2.00 bits per heavy atom. The fourth-order valence-electron chi connectivity index (χ4n) is 1.96. The zero-order valence-electron chi connectivity index (χ0n) is 10.6. The maximum atomic E-state index is 5.83. The summed E-state index contributed by atoms with van der Waals surface area (Å²) in [6, 6.07) is 1.18. The molecule has 0 aromatic heterocycles. The number of hydrogen-bond acceptors (Lipinski definition) is 2. The number of nitrogens with two attached hydrogens (primary N) is 1. The molecule has 14 heavy (non-hydrogen) atoms. The third kappa shape index (κ3) is 4.97. The highest BCUT2D eigenvalue weighted by atomic mass is 15.2. The van der Waals surface area contributed by atoms with Crippen LogP contribution in [0.15, 0.2) is 0 Å². The van der Waals surface area contributed by atoms with E-state index in [1.54, 1.807) is 0 Å². The van der Waals surface area contributed by atoms with E-state index in [2.05, 4.69) is 39.5 Å². The maximum Gasteiger partial charge on any atom is 0.0221 e. The Hall–Kier alpha value is -0.0800. The predicted octanol–water partition coefficient (Wildman–Crippen LogP) is 2.48. The van der Waals surface area contributed by atoms with Gasteiger partial charge in [0.2, 0.25) is 0 Å². The van der Waals surface area contributed by atoms with Crippen molar-refractivity contribution in [1.82, 2.24) is 4.90 Å². The van der Waals surface area contributed by atoms with Crippen molar-refractivity contribution >= 4 is 0 Å². The zero-order valence-corrected chi connectivity index (χ0v) is 10.6. The van der Waals surface area contributed by atoms with Crippen LogP contribution in [0.25, 0.3) is 0 Å². The molecule has 0 amide bonds. The summed E-state index contributed by atoms with van der Waals surface area (Å²) in [4.78, 5) is 2.55. The molecule has 0 fully saturated rings. The van der Waals surface area contributed by atoms with Gasteiger partial charge in [-0.2, -0.15) is 0 Å². The summed E-state index contributed by atoms with van der Waals surface area (Å²) in [6.45, 7) is 13.3. The standard InChI is InChI=1S/C12H28N2/c1-6-7-12(8-13)14(11(4)5)9-10(2)3/h10-12H,6-9,13H2,1-5H3. The average molecular weight is 200 g/mol. The molecule has 2 nitrogen and oxygen atoms in total. The molecule has 0 aliphatic carbocycles. The van der Waals surface area contributed by atoms with Crippen LogP contribution in [0.1, 0.15) is 47.5 Å². The summed E-state index contributed by atoms with van der Waals surface area (Å²) in [5.41, 5.74) is 5.83. The van der Waals surface area contributed by atoms with Crippen molar-refractivity contribution in [3.63, 3.8) is 0 Å². The van der Waals surface area contributed by atoms with E-state index in [9.17, 15) is 0 Å². The smallest absolute Gasteiger partial charge is 0.0221 e. The highest BCUT2D eigenvalue weighted by Crippen LogP contribution is 2.12. The van der Waals surface area contributed by atoms with Gasteiger partial charge in [-0.15, -0.1) is 0 Å². The Bertz CT molecular complexity index is 132. The second-order valence-electron chi connectivity index (χ2n) is 4.86. The molecule has 0 bridgehead atoms. The van der Waals surface area contributed by atoms with Gasteiger partial charge in [-0.1, -0.05) is 27.2 Å². The Balaban J connectivity index is 4.27. The van der Waals surface area contributed by atoms with Gasteiger partial charge in [0.25, 0.3) is 0 Å². The van der Waals surface area contributed by atoms with E-state index in [0.717, 1.165) is 12.5 Å². The van der Waals surface area contributed by atoms with E-state index in [0.29, 0.717) is 12.1 Å². The molecule has 86 valence electrons. The zero-order chi connectivity index (χ0) is 11.1. The Morgan fingerprint density at radius 2 is 1.71 bits per heavy atom. The molecule has 1 unspecified atom stereocenters. The highest BCUT2D eigenvalue weighted by Gasteiger charge is 2.19. The SMILES string of the molecule is CCCC(CN)N(CC(C)C)C(C)C. The lowest BCUT2D eigenvalue weighted by atomic mass is 10.1. The number of rotatable bonds is 7. The third-order valence-corrected chi connectivity index (χ3v) is 2.60. The van der Waals surface area contributed by atoms with E-state index >= 15 is 0 Å². The van der Waals surface area contributed by atoms with Gasteiger partial charge in [0, 0.05) is 25.2 Å².